The Morgan fingerprint density at radius 3 is 2.41 bits per heavy atom. The minimum absolute atomic E-state index is 0.0358. The first-order chi connectivity index (χ1) is 17.6. The SMILES string of the molecule is Cc1cccc(C(=O)N2CCN(S(=O)(=O)c3ccc(Cl)c(Cl)c3)C2C(=O)NCc2cccc(CN)c2)c1. The number of nitrogens with zero attached hydrogens (tertiary/aromatic N) is 2. The van der Waals surface area contributed by atoms with Gasteiger partial charge in [-0.1, -0.05) is 65.2 Å². The van der Waals surface area contributed by atoms with Crippen molar-refractivity contribution in [2.24, 2.45) is 5.73 Å². The van der Waals surface area contributed by atoms with E-state index in [4.69, 9.17) is 28.9 Å². The van der Waals surface area contributed by atoms with Crippen molar-refractivity contribution in [2.75, 3.05) is 13.1 Å². The van der Waals surface area contributed by atoms with Crippen LogP contribution in [0.1, 0.15) is 27.0 Å². The number of sulfonamides is 1. The maximum absolute atomic E-state index is 13.6. The van der Waals surface area contributed by atoms with Crippen molar-refractivity contribution in [3.05, 3.63) is 99.0 Å². The van der Waals surface area contributed by atoms with Gasteiger partial charge in [0.05, 0.1) is 14.9 Å². The van der Waals surface area contributed by atoms with Crippen molar-refractivity contribution in [3.8, 4) is 0 Å². The van der Waals surface area contributed by atoms with Gasteiger partial charge in [0.1, 0.15) is 0 Å². The van der Waals surface area contributed by atoms with Crippen LogP contribution in [0.25, 0.3) is 0 Å². The van der Waals surface area contributed by atoms with E-state index in [0.29, 0.717) is 12.1 Å². The summed E-state index contributed by atoms with van der Waals surface area (Å²) >= 11 is 12.0. The van der Waals surface area contributed by atoms with Gasteiger partial charge in [-0.15, -0.1) is 0 Å². The Kier molecular flexibility index (Phi) is 8.20. The van der Waals surface area contributed by atoms with E-state index in [1.807, 2.05) is 37.3 Å². The normalized spacial score (nSPS) is 16.1. The summed E-state index contributed by atoms with van der Waals surface area (Å²) in [6, 6.07) is 18.2. The highest BCUT2D eigenvalue weighted by Crippen LogP contribution is 2.30. The molecule has 0 saturated carbocycles. The minimum atomic E-state index is -4.20. The summed E-state index contributed by atoms with van der Waals surface area (Å²) in [6.07, 6.45) is -1.40. The van der Waals surface area contributed by atoms with Crippen molar-refractivity contribution in [1.29, 1.82) is 0 Å². The van der Waals surface area contributed by atoms with E-state index < -0.39 is 28.0 Å². The Balaban J connectivity index is 1.67. The molecule has 1 aliphatic heterocycles. The van der Waals surface area contributed by atoms with Crippen molar-refractivity contribution in [1.82, 2.24) is 14.5 Å². The molecular weight excluding hydrogens is 535 g/mol. The fourth-order valence-corrected chi connectivity index (χ4v) is 6.14. The first-order valence-corrected chi connectivity index (χ1v) is 13.7. The molecule has 4 rings (SSSR count). The van der Waals surface area contributed by atoms with Crippen LogP contribution in [-0.4, -0.2) is 48.7 Å². The summed E-state index contributed by atoms with van der Waals surface area (Å²) in [7, 11) is -4.20. The van der Waals surface area contributed by atoms with E-state index in [-0.39, 0.29) is 34.6 Å². The van der Waals surface area contributed by atoms with Gasteiger partial charge < -0.3 is 16.0 Å². The Labute approximate surface area is 226 Å². The first kappa shape index (κ1) is 27.1. The number of carbonyl (C=O) groups is 2. The monoisotopic (exact) mass is 560 g/mol. The molecule has 2 amide bonds. The van der Waals surface area contributed by atoms with Crippen LogP contribution in [-0.2, 0) is 27.9 Å². The molecule has 0 aromatic heterocycles. The van der Waals surface area contributed by atoms with Crippen LogP contribution in [0.5, 0.6) is 0 Å². The van der Waals surface area contributed by atoms with E-state index >= 15 is 0 Å². The lowest BCUT2D eigenvalue weighted by atomic mass is 10.1. The number of amides is 2. The largest absolute Gasteiger partial charge is 0.349 e. The fourth-order valence-electron chi connectivity index (χ4n) is 4.21. The second-order valence-corrected chi connectivity index (χ2v) is 11.4. The van der Waals surface area contributed by atoms with E-state index in [2.05, 4.69) is 5.32 Å². The molecule has 194 valence electrons. The first-order valence-electron chi connectivity index (χ1n) is 11.5. The van der Waals surface area contributed by atoms with E-state index in [9.17, 15) is 18.0 Å². The Bertz CT molecular complexity index is 1450. The number of halogens is 2. The van der Waals surface area contributed by atoms with Crippen LogP contribution in [0.15, 0.2) is 71.6 Å². The molecule has 0 bridgehead atoms. The van der Waals surface area contributed by atoms with E-state index in [1.165, 1.54) is 23.1 Å². The van der Waals surface area contributed by atoms with Crippen LogP contribution >= 0.6 is 23.2 Å². The van der Waals surface area contributed by atoms with Gasteiger partial charge in [-0.05, 0) is 48.4 Å². The van der Waals surface area contributed by atoms with E-state index in [0.717, 1.165) is 21.0 Å². The maximum atomic E-state index is 13.6. The number of benzene rings is 3. The molecule has 0 radical (unpaired) electrons. The Morgan fingerprint density at radius 2 is 1.70 bits per heavy atom. The number of hydrogen-bond donors (Lipinski definition) is 2. The zero-order chi connectivity index (χ0) is 26.7. The smallest absolute Gasteiger partial charge is 0.259 e. The lowest BCUT2D eigenvalue weighted by Gasteiger charge is -2.29. The van der Waals surface area contributed by atoms with Crippen LogP contribution < -0.4 is 11.1 Å². The number of rotatable bonds is 7. The van der Waals surface area contributed by atoms with Gasteiger partial charge in [0.15, 0.2) is 6.17 Å². The average molecular weight is 561 g/mol. The topological polar surface area (TPSA) is 113 Å². The summed E-state index contributed by atoms with van der Waals surface area (Å²) in [5.41, 5.74) is 8.63. The summed E-state index contributed by atoms with van der Waals surface area (Å²) < 4.78 is 28.3. The molecule has 3 aromatic carbocycles. The highest BCUT2D eigenvalue weighted by atomic mass is 35.5. The lowest BCUT2D eigenvalue weighted by molar-refractivity contribution is -0.127. The molecule has 3 aromatic rings. The highest BCUT2D eigenvalue weighted by molar-refractivity contribution is 7.89. The molecule has 37 heavy (non-hydrogen) atoms. The van der Waals surface area contributed by atoms with Gasteiger partial charge in [-0.2, -0.15) is 4.31 Å². The number of nitrogens with two attached hydrogens (primary N) is 1. The highest BCUT2D eigenvalue weighted by Gasteiger charge is 2.46. The van der Waals surface area contributed by atoms with Gasteiger partial charge in [0.2, 0.25) is 10.0 Å². The molecule has 0 aliphatic carbocycles. The second-order valence-electron chi connectivity index (χ2n) is 8.68. The molecule has 1 fully saturated rings. The molecule has 1 atom stereocenters. The second kappa shape index (κ2) is 11.2. The quantitative estimate of drug-likeness (QED) is 0.458. The standard InChI is InChI=1S/C26H26Cl2N4O4S/c1-17-4-2-7-20(12-17)26(34)31-10-11-32(37(35,36)21-8-9-22(27)23(28)14-21)25(31)24(33)30-16-19-6-3-5-18(13-19)15-29/h2-9,12-14,25H,10-11,15-16,29H2,1H3,(H,30,33). The number of carbonyl (C=O) groups excluding carboxylic acids is 2. The lowest BCUT2D eigenvalue weighted by Crippen LogP contribution is -2.53. The third-order valence-corrected chi connectivity index (χ3v) is 8.67. The third kappa shape index (κ3) is 5.81. The van der Waals surface area contributed by atoms with Gasteiger partial charge in [0, 0.05) is 31.7 Å². The summed E-state index contributed by atoms with van der Waals surface area (Å²) in [5.74, 6) is -1.07. The molecule has 1 heterocycles. The Hall–Kier alpha value is -2.95. The summed E-state index contributed by atoms with van der Waals surface area (Å²) in [4.78, 5) is 28.1. The number of nitrogens with one attached hydrogen (secondary N) is 1. The molecule has 0 spiro atoms. The average Bonchev–Trinajstić information content (AvgIpc) is 3.34. The van der Waals surface area contributed by atoms with Gasteiger partial charge >= 0.3 is 0 Å². The minimum Gasteiger partial charge on any atom is -0.349 e. The zero-order valence-corrected chi connectivity index (χ0v) is 22.4. The van der Waals surface area contributed by atoms with Crippen molar-refractivity contribution >= 4 is 45.0 Å². The maximum Gasteiger partial charge on any atom is 0.259 e. The zero-order valence-electron chi connectivity index (χ0n) is 20.0. The molecule has 1 aliphatic rings. The van der Waals surface area contributed by atoms with Gasteiger partial charge in [-0.3, -0.25) is 9.59 Å². The summed E-state index contributed by atoms with van der Waals surface area (Å²) in [6.45, 7) is 2.30. The van der Waals surface area contributed by atoms with Crippen molar-refractivity contribution in [2.45, 2.75) is 31.1 Å². The van der Waals surface area contributed by atoms with E-state index in [1.54, 1.807) is 18.2 Å². The fraction of sp³-hybridized carbons (Fsp3) is 0.231. The molecule has 8 nitrogen and oxygen atoms in total. The number of aryl methyl sites for hydroxylation is 1. The third-order valence-electron chi connectivity index (χ3n) is 6.08. The van der Waals surface area contributed by atoms with Crippen molar-refractivity contribution in [3.63, 3.8) is 0 Å². The van der Waals surface area contributed by atoms with Gasteiger partial charge in [-0.25, -0.2) is 8.42 Å². The predicted molar refractivity (Wildman–Crippen MR) is 143 cm³/mol. The molecule has 1 unspecified atom stereocenters. The van der Waals surface area contributed by atoms with Crippen molar-refractivity contribution < 1.29 is 18.0 Å². The predicted octanol–water partition coefficient (Wildman–Crippen LogP) is 3.55. The van der Waals surface area contributed by atoms with Crippen LogP contribution in [0.2, 0.25) is 10.0 Å². The van der Waals surface area contributed by atoms with Crippen LogP contribution in [0, 0.1) is 6.92 Å². The molecular formula is C26H26Cl2N4O4S. The molecule has 11 heteroatoms. The molecule has 1 saturated heterocycles. The van der Waals surface area contributed by atoms with Crippen LogP contribution in [0.3, 0.4) is 0 Å². The Morgan fingerprint density at radius 1 is 0.973 bits per heavy atom. The number of hydrogen-bond acceptors (Lipinski definition) is 5. The molecule has 3 N–H and O–H groups in total. The summed E-state index contributed by atoms with van der Waals surface area (Å²) in [5, 5.41) is 3.05. The van der Waals surface area contributed by atoms with Gasteiger partial charge in [0.25, 0.3) is 11.8 Å². The van der Waals surface area contributed by atoms with Crippen LogP contribution in [0.4, 0.5) is 0 Å².